The van der Waals surface area contributed by atoms with Crippen molar-refractivity contribution >= 4 is 23.4 Å². The Balaban J connectivity index is 2.16. The molecule has 2 N–H and O–H groups in total. The van der Waals surface area contributed by atoms with Gasteiger partial charge in [0.15, 0.2) is 0 Å². The third-order valence-corrected chi connectivity index (χ3v) is 4.38. The Morgan fingerprint density at radius 3 is 2.47 bits per heavy atom. The Hall–Kier alpha value is -0.750. The van der Waals surface area contributed by atoms with E-state index in [1.54, 1.807) is 18.7 Å². The van der Waals surface area contributed by atoms with Crippen LogP contribution in [0.2, 0.25) is 0 Å². The lowest BCUT2D eigenvalue weighted by atomic mass is 10.2. The van der Waals surface area contributed by atoms with E-state index in [2.05, 4.69) is 20.7 Å². The predicted molar refractivity (Wildman–Crippen MR) is 70.7 cm³/mol. The number of hydrogen-bond acceptors (Lipinski definition) is 5. The molecule has 0 bridgehead atoms. The van der Waals surface area contributed by atoms with Gasteiger partial charge in [0.1, 0.15) is 5.71 Å². The third-order valence-electron chi connectivity index (χ3n) is 3.33. The summed E-state index contributed by atoms with van der Waals surface area (Å²) < 4.78 is 0. The molecule has 96 valence electrons. The molecule has 0 aliphatic carbocycles. The molecule has 5 nitrogen and oxygen atoms in total. The molecule has 0 aromatic carbocycles. The van der Waals surface area contributed by atoms with Gasteiger partial charge in [0.05, 0.1) is 0 Å². The number of thioether (sulfide) groups is 1. The van der Waals surface area contributed by atoms with Crippen molar-refractivity contribution in [2.75, 3.05) is 19.3 Å². The van der Waals surface area contributed by atoms with Crippen LogP contribution >= 0.6 is 11.8 Å². The second-order valence-electron chi connectivity index (χ2n) is 4.51. The molecule has 2 rings (SSSR count). The minimum Gasteiger partial charge on any atom is -0.306 e. The number of hydrazone groups is 1. The summed E-state index contributed by atoms with van der Waals surface area (Å²) in [7, 11) is 0. The molecular weight excluding hydrogens is 236 g/mol. The summed E-state index contributed by atoms with van der Waals surface area (Å²) >= 11 is 1.59. The maximum Gasteiger partial charge on any atom is 0.270 e. The van der Waals surface area contributed by atoms with E-state index in [1.807, 2.05) is 6.26 Å². The zero-order chi connectivity index (χ0) is 12.3. The van der Waals surface area contributed by atoms with Crippen molar-refractivity contribution in [1.29, 1.82) is 0 Å². The van der Waals surface area contributed by atoms with Gasteiger partial charge < -0.3 is 5.32 Å². The molecule has 0 aromatic heterocycles. The first-order chi connectivity index (χ1) is 8.18. The van der Waals surface area contributed by atoms with Crippen LogP contribution in [0.4, 0.5) is 0 Å². The number of carbonyl (C=O) groups is 1. The van der Waals surface area contributed by atoms with Crippen LogP contribution < -0.4 is 10.7 Å². The Kier molecular flexibility index (Phi) is 3.93. The summed E-state index contributed by atoms with van der Waals surface area (Å²) in [6.07, 6.45) is 6.91. The molecule has 0 spiro atoms. The van der Waals surface area contributed by atoms with Crippen LogP contribution in [0.15, 0.2) is 5.10 Å². The quantitative estimate of drug-likeness (QED) is 0.772. The van der Waals surface area contributed by atoms with Crippen molar-refractivity contribution in [3.05, 3.63) is 0 Å². The normalized spacial score (nSPS) is 31.2. The molecule has 0 radical (unpaired) electrons. The number of carbonyl (C=O) groups excluding carboxylic acids is 1. The van der Waals surface area contributed by atoms with Crippen molar-refractivity contribution in [2.45, 2.75) is 37.7 Å². The number of likely N-dealkylation sites (tertiary alicyclic amines) is 1. The molecule has 1 amide bonds. The van der Waals surface area contributed by atoms with E-state index < -0.39 is 5.12 Å². The Labute approximate surface area is 106 Å². The van der Waals surface area contributed by atoms with E-state index >= 15 is 0 Å². The van der Waals surface area contributed by atoms with Crippen LogP contribution in [-0.4, -0.2) is 41.0 Å². The first-order valence-corrected chi connectivity index (χ1v) is 7.34. The topological polar surface area (TPSA) is 56.7 Å². The number of nitrogens with zero attached hydrogens (tertiary/aromatic N) is 2. The van der Waals surface area contributed by atoms with Crippen LogP contribution in [0, 0.1) is 0 Å². The lowest BCUT2D eigenvalue weighted by Gasteiger charge is -2.43. The average molecular weight is 256 g/mol. The molecule has 1 unspecified atom stereocenters. The second kappa shape index (κ2) is 5.27. The van der Waals surface area contributed by atoms with Crippen LogP contribution in [-0.2, 0) is 4.79 Å². The van der Waals surface area contributed by atoms with Gasteiger partial charge in [-0.25, -0.2) is 0 Å². The fourth-order valence-electron chi connectivity index (χ4n) is 2.24. The largest absolute Gasteiger partial charge is 0.306 e. The minimum atomic E-state index is -0.555. The van der Waals surface area contributed by atoms with Gasteiger partial charge in [0.2, 0.25) is 5.12 Å². The Bertz CT molecular complexity index is 325. The van der Waals surface area contributed by atoms with E-state index in [9.17, 15) is 4.79 Å². The maximum atomic E-state index is 11.8. The van der Waals surface area contributed by atoms with E-state index in [0.29, 0.717) is 5.71 Å². The Morgan fingerprint density at radius 2 is 1.94 bits per heavy atom. The monoisotopic (exact) mass is 256 g/mol. The minimum absolute atomic E-state index is 0.0812. The molecule has 0 aromatic rings. The zero-order valence-corrected chi connectivity index (χ0v) is 11.3. The van der Waals surface area contributed by atoms with Crippen molar-refractivity contribution in [3.8, 4) is 0 Å². The molecule has 17 heavy (non-hydrogen) atoms. The van der Waals surface area contributed by atoms with Crippen LogP contribution in [0.5, 0.6) is 0 Å². The van der Waals surface area contributed by atoms with Crippen molar-refractivity contribution in [2.24, 2.45) is 5.10 Å². The van der Waals surface area contributed by atoms with Gasteiger partial charge in [-0.2, -0.15) is 5.10 Å². The van der Waals surface area contributed by atoms with Gasteiger partial charge in [-0.3, -0.25) is 15.1 Å². The van der Waals surface area contributed by atoms with Gasteiger partial charge in [-0.1, -0.05) is 24.6 Å². The summed E-state index contributed by atoms with van der Waals surface area (Å²) in [6.45, 7) is 3.72. The third kappa shape index (κ3) is 2.57. The fourth-order valence-corrected chi connectivity index (χ4v) is 3.02. The number of rotatable bonds is 2. The maximum absolute atomic E-state index is 11.8. The summed E-state index contributed by atoms with van der Waals surface area (Å²) in [4.78, 5) is 14.1. The SMILES string of the molecule is CSC1(N2CCCCCC2)NN=C(C)C(=O)N1. The Morgan fingerprint density at radius 1 is 1.29 bits per heavy atom. The molecule has 2 aliphatic heterocycles. The van der Waals surface area contributed by atoms with Crippen molar-refractivity contribution in [1.82, 2.24) is 15.6 Å². The lowest BCUT2D eigenvalue weighted by molar-refractivity contribution is -0.118. The number of amides is 1. The van der Waals surface area contributed by atoms with Crippen LogP contribution in [0.3, 0.4) is 0 Å². The van der Waals surface area contributed by atoms with Gasteiger partial charge in [-0.15, -0.1) is 0 Å². The molecule has 2 aliphatic rings. The molecular formula is C11H20N4OS. The van der Waals surface area contributed by atoms with E-state index in [1.165, 1.54) is 25.7 Å². The van der Waals surface area contributed by atoms with E-state index in [0.717, 1.165) is 13.1 Å². The molecule has 6 heteroatoms. The lowest BCUT2D eigenvalue weighted by Crippen LogP contribution is -2.68. The van der Waals surface area contributed by atoms with Gasteiger partial charge in [0, 0.05) is 13.1 Å². The summed E-state index contributed by atoms with van der Waals surface area (Å²) in [5, 5.41) is 6.61. The fraction of sp³-hybridized carbons (Fsp3) is 0.818. The zero-order valence-electron chi connectivity index (χ0n) is 10.5. The molecule has 1 fully saturated rings. The van der Waals surface area contributed by atoms with Crippen LogP contribution in [0.1, 0.15) is 32.6 Å². The summed E-state index contributed by atoms with van der Waals surface area (Å²) in [5.41, 5.74) is 3.60. The van der Waals surface area contributed by atoms with Crippen molar-refractivity contribution < 1.29 is 4.79 Å². The van der Waals surface area contributed by atoms with Crippen molar-refractivity contribution in [3.63, 3.8) is 0 Å². The first kappa shape index (κ1) is 12.7. The van der Waals surface area contributed by atoms with Gasteiger partial charge in [0.25, 0.3) is 5.91 Å². The molecule has 0 saturated carbocycles. The smallest absolute Gasteiger partial charge is 0.270 e. The van der Waals surface area contributed by atoms with Crippen LogP contribution in [0.25, 0.3) is 0 Å². The second-order valence-corrected chi connectivity index (χ2v) is 5.51. The highest BCUT2D eigenvalue weighted by Gasteiger charge is 2.40. The van der Waals surface area contributed by atoms with Gasteiger partial charge >= 0.3 is 0 Å². The highest BCUT2D eigenvalue weighted by atomic mass is 32.2. The molecule has 2 heterocycles. The predicted octanol–water partition coefficient (Wildman–Crippen LogP) is 0.932. The number of hydrogen-bond donors (Lipinski definition) is 2. The first-order valence-electron chi connectivity index (χ1n) is 6.12. The number of nitrogens with one attached hydrogen (secondary N) is 2. The summed E-state index contributed by atoms with van der Waals surface area (Å²) in [5.74, 6) is -0.0812. The average Bonchev–Trinajstić information content (AvgIpc) is 2.62. The highest BCUT2D eigenvalue weighted by molar-refractivity contribution is 7.99. The van der Waals surface area contributed by atoms with E-state index in [-0.39, 0.29) is 5.91 Å². The highest BCUT2D eigenvalue weighted by Crippen LogP contribution is 2.26. The molecule has 1 saturated heterocycles. The summed E-state index contributed by atoms with van der Waals surface area (Å²) in [6, 6.07) is 0. The molecule has 1 atom stereocenters. The van der Waals surface area contributed by atoms with E-state index in [4.69, 9.17) is 0 Å². The van der Waals surface area contributed by atoms with Gasteiger partial charge in [-0.05, 0) is 26.0 Å². The standard InChI is InChI=1S/C11H20N4OS/c1-9-10(16)12-11(17-2,14-13-9)15-7-5-3-4-6-8-15/h14H,3-8H2,1-2H3,(H,12,16).